The van der Waals surface area contributed by atoms with Gasteiger partial charge in [-0.2, -0.15) is 0 Å². The van der Waals surface area contributed by atoms with Crippen LogP contribution in [0.2, 0.25) is 0 Å². The molecular formula is C29H20O4S2. The van der Waals surface area contributed by atoms with E-state index in [1.54, 1.807) is 78.9 Å². The highest BCUT2D eigenvalue weighted by Crippen LogP contribution is 2.29. The van der Waals surface area contributed by atoms with Gasteiger partial charge in [0, 0.05) is 11.1 Å². The van der Waals surface area contributed by atoms with Crippen LogP contribution >= 0.6 is 23.5 Å². The van der Waals surface area contributed by atoms with E-state index in [-0.39, 0.29) is 21.1 Å². The molecule has 0 fully saturated rings. The number of hydrogen-bond acceptors (Lipinski definition) is 6. The number of carbonyl (C=O) groups excluding carboxylic acids is 2. The van der Waals surface area contributed by atoms with E-state index in [9.17, 15) is 19.2 Å². The first kappa shape index (κ1) is 24.4. The van der Waals surface area contributed by atoms with Crippen molar-refractivity contribution >= 4 is 33.8 Å². The summed E-state index contributed by atoms with van der Waals surface area (Å²) in [5.41, 5.74) is 2.53. The molecule has 0 aromatic heterocycles. The van der Waals surface area contributed by atoms with Crippen molar-refractivity contribution in [2.45, 2.75) is 16.7 Å². The second kappa shape index (κ2) is 11.1. The van der Waals surface area contributed by atoms with E-state index in [0.29, 0.717) is 32.0 Å². The molecule has 0 saturated heterocycles. The highest BCUT2D eigenvalue weighted by Gasteiger charge is 2.16. The van der Waals surface area contributed by atoms with Crippen LogP contribution in [0.4, 0.5) is 0 Å². The van der Waals surface area contributed by atoms with Crippen LogP contribution in [0.5, 0.6) is 0 Å². The van der Waals surface area contributed by atoms with Gasteiger partial charge >= 0.3 is 0 Å². The molecule has 0 bridgehead atoms. The lowest BCUT2D eigenvalue weighted by molar-refractivity contribution is 0.108. The fraction of sp³-hybridized carbons (Fsp3) is 0.0345. The molecule has 0 heterocycles. The molecule has 0 aliphatic heterocycles. The van der Waals surface area contributed by atoms with Crippen LogP contribution in [0.15, 0.2) is 123 Å². The Kier molecular flexibility index (Phi) is 7.75. The van der Waals surface area contributed by atoms with Gasteiger partial charge in [-0.3, -0.25) is 19.2 Å². The van der Waals surface area contributed by atoms with E-state index in [0.717, 1.165) is 29.1 Å². The molecule has 4 aromatic rings. The van der Waals surface area contributed by atoms with Crippen molar-refractivity contribution < 1.29 is 9.59 Å². The number of carbonyl (C=O) groups is 2. The zero-order valence-electron chi connectivity index (χ0n) is 18.8. The summed E-state index contributed by atoms with van der Waals surface area (Å²) in [7, 11) is 0. The molecular weight excluding hydrogens is 476 g/mol. The molecule has 0 spiro atoms. The van der Waals surface area contributed by atoms with E-state index >= 15 is 0 Å². The Morgan fingerprint density at radius 3 is 2.03 bits per heavy atom. The van der Waals surface area contributed by atoms with Crippen molar-refractivity contribution in [3.05, 3.63) is 140 Å². The van der Waals surface area contributed by atoms with E-state index in [1.165, 1.54) is 12.1 Å². The van der Waals surface area contributed by atoms with Gasteiger partial charge in [0.25, 0.3) is 0 Å². The molecule has 0 aliphatic carbocycles. The third-order valence-corrected chi connectivity index (χ3v) is 7.10. The molecule has 0 aliphatic rings. The van der Waals surface area contributed by atoms with Crippen LogP contribution in [0.3, 0.4) is 0 Å². The lowest BCUT2D eigenvalue weighted by Crippen LogP contribution is -2.04. The highest BCUT2D eigenvalue weighted by molar-refractivity contribution is 8.14. The second-order valence-corrected chi connectivity index (χ2v) is 9.71. The second-order valence-electron chi connectivity index (χ2n) is 7.68. The number of benzene rings is 2. The van der Waals surface area contributed by atoms with Gasteiger partial charge in [0.15, 0.2) is 10.9 Å². The predicted octanol–water partition coefficient (Wildman–Crippen LogP) is 6.25. The van der Waals surface area contributed by atoms with E-state index in [4.69, 9.17) is 0 Å². The maximum Gasteiger partial charge on any atom is 0.224 e. The van der Waals surface area contributed by atoms with Crippen molar-refractivity contribution in [3.8, 4) is 11.1 Å². The van der Waals surface area contributed by atoms with Gasteiger partial charge in [-0.1, -0.05) is 78.4 Å². The molecule has 0 amide bonds. The van der Waals surface area contributed by atoms with Crippen molar-refractivity contribution in [3.63, 3.8) is 0 Å². The van der Waals surface area contributed by atoms with Crippen molar-refractivity contribution in [1.82, 2.24) is 0 Å². The van der Waals surface area contributed by atoms with Crippen LogP contribution in [0.1, 0.15) is 26.3 Å². The summed E-state index contributed by atoms with van der Waals surface area (Å²) in [6, 6.07) is 28.7. The third-order valence-electron chi connectivity index (χ3n) is 5.16. The first-order chi connectivity index (χ1) is 16.9. The zero-order valence-corrected chi connectivity index (χ0v) is 20.4. The Morgan fingerprint density at radius 2 is 1.23 bits per heavy atom. The molecule has 6 heteroatoms. The summed E-state index contributed by atoms with van der Waals surface area (Å²) in [5.74, 6) is 0. The van der Waals surface area contributed by atoms with Crippen molar-refractivity contribution in [2.24, 2.45) is 0 Å². The standard InChI is InChI=1S/C29H20O4S2/c1-19-14-16-20(17-15-19)28(32)34-27-13-7-8-21(18-25(27)31)22-9-5-6-10-23(22)29(33)35-26-12-4-2-3-11-24(26)30/h2-18H,1H3. The fourth-order valence-corrected chi connectivity index (χ4v) is 4.91. The van der Waals surface area contributed by atoms with Crippen LogP contribution in [0, 0.1) is 6.92 Å². The first-order valence-corrected chi connectivity index (χ1v) is 12.4. The first-order valence-electron chi connectivity index (χ1n) is 10.8. The number of thioether (sulfide) groups is 2. The lowest BCUT2D eigenvalue weighted by Gasteiger charge is -2.07. The van der Waals surface area contributed by atoms with Gasteiger partial charge < -0.3 is 0 Å². The van der Waals surface area contributed by atoms with Gasteiger partial charge in [0.2, 0.25) is 10.2 Å². The zero-order chi connectivity index (χ0) is 24.8. The van der Waals surface area contributed by atoms with E-state index in [1.807, 2.05) is 19.1 Å². The molecule has 4 nitrogen and oxygen atoms in total. The minimum absolute atomic E-state index is 0.216. The Morgan fingerprint density at radius 1 is 0.600 bits per heavy atom. The summed E-state index contributed by atoms with van der Waals surface area (Å²) in [6.07, 6.45) is 0. The minimum Gasteiger partial charge on any atom is -0.289 e. The summed E-state index contributed by atoms with van der Waals surface area (Å²) < 4.78 is 0. The summed E-state index contributed by atoms with van der Waals surface area (Å²) in [6.45, 7) is 1.94. The quantitative estimate of drug-likeness (QED) is 0.304. The van der Waals surface area contributed by atoms with Gasteiger partial charge in [-0.25, -0.2) is 0 Å². The van der Waals surface area contributed by atoms with E-state index < -0.39 is 0 Å². The largest absolute Gasteiger partial charge is 0.289 e. The summed E-state index contributed by atoms with van der Waals surface area (Å²) in [4.78, 5) is 51.6. The lowest BCUT2D eigenvalue weighted by atomic mass is 10.0. The Bertz CT molecular complexity index is 1530. The maximum atomic E-state index is 13.1. The van der Waals surface area contributed by atoms with Crippen LogP contribution < -0.4 is 10.9 Å². The van der Waals surface area contributed by atoms with Crippen molar-refractivity contribution in [2.75, 3.05) is 0 Å². The van der Waals surface area contributed by atoms with Gasteiger partial charge in [-0.15, -0.1) is 0 Å². The minimum atomic E-state index is -0.317. The molecule has 0 radical (unpaired) electrons. The average molecular weight is 497 g/mol. The van der Waals surface area contributed by atoms with Crippen LogP contribution in [0.25, 0.3) is 11.1 Å². The molecule has 35 heavy (non-hydrogen) atoms. The molecule has 172 valence electrons. The Balaban J connectivity index is 1.65. The molecule has 0 saturated carbocycles. The van der Waals surface area contributed by atoms with Crippen LogP contribution in [-0.4, -0.2) is 10.2 Å². The molecule has 0 unspecified atom stereocenters. The summed E-state index contributed by atoms with van der Waals surface area (Å²) >= 11 is 1.74. The smallest absolute Gasteiger partial charge is 0.224 e. The van der Waals surface area contributed by atoms with Gasteiger partial charge in [0.1, 0.15) is 0 Å². The Hall–Kier alpha value is -3.74. The third kappa shape index (κ3) is 6.04. The number of aryl methyl sites for hydroxylation is 1. The fourth-order valence-electron chi connectivity index (χ4n) is 3.35. The number of rotatable bonds is 5. The van der Waals surface area contributed by atoms with Gasteiger partial charge in [-0.05, 0) is 71.9 Å². The molecule has 4 aromatic carbocycles. The SMILES string of the molecule is Cc1ccc(C(=O)Sc2cccc(-c3ccccc3C(=O)Sc3cccccc3=O)cc2=O)cc1. The predicted molar refractivity (Wildman–Crippen MR) is 142 cm³/mol. The Labute approximate surface area is 211 Å². The molecule has 4 rings (SSSR count). The normalized spacial score (nSPS) is 10.5. The maximum absolute atomic E-state index is 13.1. The molecule has 0 atom stereocenters. The van der Waals surface area contributed by atoms with E-state index in [2.05, 4.69) is 0 Å². The van der Waals surface area contributed by atoms with Crippen LogP contribution in [-0.2, 0) is 0 Å². The average Bonchev–Trinajstić information content (AvgIpc) is 3.17. The number of hydrogen-bond donors (Lipinski definition) is 0. The topological polar surface area (TPSA) is 68.3 Å². The van der Waals surface area contributed by atoms with Gasteiger partial charge in [0.05, 0.1) is 9.79 Å². The monoisotopic (exact) mass is 496 g/mol. The molecule has 0 N–H and O–H groups in total. The van der Waals surface area contributed by atoms with Crippen molar-refractivity contribution in [1.29, 1.82) is 0 Å². The highest BCUT2D eigenvalue weighted by atomic mass is 32.2. The summed E-state index contributed by atoms with van der Waals surface area (Å²) in [5, 5.41) is -0.515.